The van der Waals surface area contributed by atoms with E-state index in [1.165, 1.54) is 17.7 Å². The number of hydrogen-bond donors (Lipinski definition) is 3. The van der Waals surface area contributed by atoms with Crippen LogP contribution >= 0.6 is 0 Å². The molecule has 3 aromatic carbocycles. The van der Waals surface area contributed by atoms with E-state index in [1.807, 2.05) is 75.3 Å². The van der Waals surface area contributed by atoms with E-state index in [0.717, 1.165) is 22.5 Å². The molecule has 0 aliphatic heterocycles. The topological polar surface area (TPSA) is 134 Å². The zero-order valence-corrected chi connectivity index (χ0v) is 20.9. The largest absolute Gasteiger partial charge is 0.378 e. The maximum atomic E-state index is 10.9. The average molecular weight is 498 g/mol. The maximum Gasteiger partial charge on any atom is 0.269 e. The first-order valence-electron chi connectivity index (χ1n) is 11.4. The lowest BCUT2D eigenvalue weighted by Gasteiger charge is -2.12. The Morgan fingerprint density at radius 3 is 2.00 bits per heavy atom. The van der Waals surface area contributed by atoms with Gasteiger partial charge in [-0.15, -0.1) is 0 Å². The third-order valence-electron chi connectivity index (χ3n) is 5.52. The first-order valence-corrected chi connectivity index (χ1v) is 11.4. The van der Waals surface area contributed by atoms with Gasteiger partial charge in [-0.2, -0.15) is 20.1 Å². The molecule has 0 amide bonds. The first kappa shape index (κ1) is 25.0. The molecule has 4 aromatic rings. The van der Waals surface area contributed by atoms with Gasteiger partial charge in [0.15, 0.2) is 0 Å². The van der Waals surface area contributed by atoms with Crippen LogP contribution in [0.5, 0.6) is 0 Å². The Labute approximate surface area is 214 Å². The van der Waals surface area contributed by atoms with Gasteiger partial charge in [0.1, 0.15) is 0 Å². The minimum atomic E-state index is -0.452. The van der Waals surface area contributed by atoms with E-state index in [-0.39, 0.29) is 17.6 Å². The average Bonchev–Trinajstić information content (AvgIpc) is 2.87. The van der Waals surface area contributed by atoms with E-state index in [1.54, 1.807) is 18.3 Å². The standard InChI is InChI=1S/C26H27N9O2/c1-17-5-8-21(15-18(17)2)29-25-30-24(28-20-9-13-23(14-10-20)35(36)37)31-26(32-25)33-27-16-19-6-11-22(12-7-19)34(3)4/h5-16H,1-4H3,(H3,28,29,30,31,32,33)/b27-16-. The number of benzene rings is 3. The van der Waals surface area contributed by atoms with Gasteiger partial charge in [-0.1, -0.05) is 18.2 Å². The van der Waals surface area contributed by atoms with Gasteiger partial charge in [-0.25, -0.2) is 5.43 Å². The second-order valence-corrected chi connectivity index (χ2v) is 8.52. The highest BCUT2D eigenvalue weighted by Crippen LogP contribution is 2.22. The van der Waals surface area contributed by atoms with Gasteiger partial charge in [0, 0.05) is 43.3 Å². The number of non-ortho nitro benzene ring substituents is 1. The van der Waals surface area contributed by atoms with Gasteiger partial charge < -0.3 is 15.5 Å². The molecule has 0 atom stereocenters. The van der Waals surface area contributed by atoms with Crippen LogP contribution in [0.2, 0.25) is 0 Å². The second-order valence-electron chi connectivity index (χ2n) is 8.52. The SMILES string of the molecule is Cc1ccc(Nc2nc(N/N=C\c3ccc(N(C)C)cc3)nc(Nc3ccc([N+](=O)[O-])cc3)n2)cc1C. The van der Waals surface area contributed by atoms with Crippen LogP contribution in [-0.4, -0.2) is 40.2 Å². The second kappa shape index (κ2) is 11.1. The third-order valence-corrected chi connectivity index (χ3v) is 5.52. The van der Waals surface area contributed by atoms with Crippen molar-refractivity contribution in [2.24, 2.45) is 5.10 Å². The molecular formula is C26H27N9O2. The molecule has 0 radical (unpaired) electrons. The molecule has 0 aliphatic carbocycles. The van der Waals surface area contributed by atoms with Crippen LogP contribution < -0.4 is 21.0 Å². The van der Waals surface area contributed by atoms with Crippen LogP contribution in [0, 0.1) is 24.0 Å². The van der Waals surface area contributed by atoms with Crippen LogP contribution in [0.1, 0.15) is 16.7 Å². The van der Waals surface area contributed by atoms with E-state index in [9.17, 15) is 10.1 Å². The fourth-order valence-corrected chi connectivity index (χ4v) is 3.30. The van der Waals surface area contributed by atoms with Crippen LogP contribution in [0.15, 0.2) is 71.8 Å². The highest BCUT2D eigenvalue weighted by molar-refractivity contribution is 5.80. The molecule has 0 bridgehead atoms. The van der Waals surface area contributed by atoms with Crippen molar-refractivity contribution in [3.63, 3.8) is 0 Å². The molecule has 3 N–H and O–H groups in total. The summed E-state index contributed by atoms with van der Waals surface area (Å²) in [5.41, 5.74) is 8.57. The fourth-order valence-electron chi connectivity index (χ4n) is 3.30. The Hall–Kier alpha value is -5.06. The summed E-state index contributed by atoms with van der Waals surface area (Å²) in [5, 5.41) is 21.5. The van der Waals surface area contributed by atoms with E-state index < -0.39 is 4.92 Å². The number of nitrogens with zero attached hydrogens (tertiary/aromatic N) is 6. The molecule has 0 fully saturated rings. The van der Waals surface area contributed by atoms with Crippen molar-refractivity contribution in [3.05, 3.63) is 93.5 Å². The summed E-state index contributed by atoms with van der Waals surface area (Å²) in [7, 11) is 3.97. The summed E-state index contributed by atoms with van der Waals surface area (Å²) in [4.78, 5) is 25.8. The third kappa shape index (κ3) is 6.75. The van der Waals surface area contributed by atoms with Crippen molar-refractivity contribution in [1.82, 2.24) is 15.0 Å². The molecule has 1 heterocycles. The minimum absolute atomic E-state index is 0.00593. The number of aromatic nitrogens is 3. The summed E-state index contributed by atoms with van der Waals surface area (Å²) < 4.78 is 0. The molecular weight excluding hydrogens is 470 g/mol. The number of hydrazone groups is 1. The number of aryl methyl sites for hydroxylation is 2. The summed E-state index contributed by atoms with van der Waals surface area (Å²) in [6.45, 7) is 4.07. The monoisotopic (exact) mass is 497 g/mol. The van der Waals surface area contributed by atoms with Gasteiger partial charge in [0.2, 0.25) is 17.8 Å². The number of nitrogens with one attached hydrogen (secondary N) is 3. The Morgan fingerprint density at radius 2 is 1.41 bits per heavy atom. The van der Waals surface area contributed by atoms with Gasteiger partial charge >= 0.3 is 0 Å². The molecule has 0 unspecified atom stereocenters. The zero-order valence-electron chi connectivity index (χ0n) is 20.9. The Morgan fingerprint density at radius 1 is 0.811 bits per heavy atom. The zero-order chi connectivity index (χ0) is 26.4. The van der Waals surface area contributed by atoms with E-state index in [2.05, 4.69) is 36.1 Å². The van der Waals surface area contributed by atoms with Crippen LogP contribution in [0.3, 0.4) is 0 Å². The predicted molar refractivity (Wildman–Crippen MR) is 147 cm³/mol. The van der Waals surface area contributed by atoms with Crippen molar-refractivity contribution in [3.8, 4) is 0 Å². The van der Waals surface area contributed by atoms with Crippen molar-refractivity contribution in [2.75, 3.05) is 35.1 Å². The number of anilines is 6. The Balaban J connectivity index is 1.57. The Bertz CT molecular complexity index is 1420. The minimum Gasteiger partial charge on any atom is -0.378 e. The van der Waals surface area contributed by atoms with Crippen LogP contribution in [-0.2, 0) is 0 Å². The highest BCUT2D eigenvalue weighted by Gasteiger charge is 2.10. The van der Waals surface area contributed by atoms with Gasteiger partial charge in [0.25, 0.3) is 5.69 Å². The highest BCUT2D eigenvalue weighted by atomic mass is 16.6. The van der Waals surface area contributed by atoms with Crippen LogP contribution in [0.4, 0.5) is 40.6 Å². The summed E-state index contributed by atoms with van der Waals surface area (Å²) >= 11 is 0. The van der Waals surface area contributed by atoms with Crippen molar-refractivity contribution >= 4 is 46.8 Å². The first-order chi connectivity index (χ1) is 17.8. The summed E-state index contributed by atoms with van der Waals surface area (Å²) in [5.74, 6) is 0.755. The molecule has 1 aromatic heterocycles. The fraction of sp³-hybridized carbons (Fsp3) is 0.154. The van der Waals surface area contributed by atoms with Gasteiger partial charge in [-0.05, 0) is 66.9 Å². The quantitative estimate of drug-likeness (QED) is 0.158. The smallest absolute Gasteiger partial charge is 0.269 e. The maximum absolute atomic E-state index is 10.9. The Kier molecular flexibility index (Phi) is 7.53. The van der Waals surface area contributed by atoms with Crippen molar-refractivity contribution < 1.29 is 4.92 Å². The lowest BCUT2D eigenvalue weighted by molar-refractivity contribution is -0.384. The molecule has 0 saturated carbocycles. The molecule has 4 rings (SSSR count). The van der Waals surface area contributed by atoms with E-state index in [0.29, 0.717) is 11.6 Å². The van der Waals surface area contributed by atoms with Crippen molar-refractivity contribution in [1.29, 1.82) is 0 Å². The normalized spacial score (nSPS) is 10.8. The molecule has 11 nitrogen and oxygen atoms in total. The van der Waals surface area contributed by atoms with Crippen LogP contribution in [0.25, 0.3) is 0 Å². The lowest BCUT2D eigenvalue weighted by Crippen LogP contribution is -2.08. The number of nitro benzene ring substituents is 1. The van der Waals surface area contributed by atoms with E-state index >= 15 is 0 Å². The van der Waals surface area contributed by atoms with E-state index in [4.69, 9.17) is 0 Å². The summed E-state index contributed by atoms with van der Waals surface area (Å²) in [6.07, 6.45) is 1.67. The van der Waals surface area contributed by atoms with Gasteiger partial charge in [-0.3, -0.25) is 10.1 Å². The molecule has 0 aliphatic rings. The lowest BCUT2D eigenvalue weighted by atomic mass is 10.1. The molecule has 188 valence electrons. The molecule has 11 heteroatoms. The molecule has 0 spiro atoms. The molecule has 0 saturated heterocycles. The van der Waals surface area contributed by atoms with Crippen molar-refractivity contribution in [2.45, 2.75) is 13.8 Å². The number of rotatable bonds is 9. The number of nitro groups is 1. The molecule has 37 heavy (non-hydrogen) atoms. The number of hydrogen-bond acceptors (Lipinski definition) is 10. The summed E-state index contributed by atoms with van der Waals surface area (Å²) in [6, 6.07) is 19.9. The predicted octanol–water partition coefficient (Wildman–Crippen LogP) is 5.40. The van der Waals surface area contributed by atoms with Gasteiger partial charge in [0.05, 0.1) is 11.1 Å².